The lowest BCUT2D eigenvalue weighted by Crippen LogP contribution is -2.41. The van der Waals surface area contributed by atoms with E-state index in [1.165, 1.54) is 12.1 Å². The van der Waals surface area contributed by atoms with Gasteiger partial charge in [-0.05, 0) is 25.5 Å². The van der Waals surface area contributed by atoms with Gasteiger partial charge in [0.05, 0.1) is 6.42 Å². The molecular formula is C12H15F2O3Si. The van der Waals surface area contributed by atoms with Crippen molar-refractivity contribution < 1.29 is 22.7 Å². The van der Waals surface area contributed by atoms with Gasteiger partial charge in [-0.15, -0.1) is 0 Å². The lowest BCUT2D eigenvalue weighted by molar-refractivity contribution is -0.339. The highest BCUT2D eigenvalue weighted by Gasteiger charge is 2.32. The second-order valence-electron chi connectivity index (χ2n) is 3.56. The summed E-state index contributed by atoms with van der Waals surface area (Å²) in [6, 6.07) is 3.32. The monoisotopic (exact) mass is 273 g/mol. The Morgan fingerprint density at radius 1 is 1.17 bits per heavy atom. The molecule has 3 radical (unpaired) electrons. The largest absolute Gasteiger partial charge is 0.371 e. The van der Waals surface area contributed by atoms with Gasteiger partial charge in [0.1, 0.15) is 11.6 Å². The van der Waals surface area contributed by atoms with Crippen molar-refractivity contribution in [2.75, 3.05) is 13.2 Å². The first kappa shape index (κ1) is 15.2. The average molecular weight is 273 g/mol. The maximum Gasteiger partial charge on any atom is 0.277 e. The van der Waals surface area contributed by atoms with Crippen molar-refractivity contribution in [3.8, 4) is 0 Å². The summed E-state index contributed by atoms with van der Waals surface area (Å²) in [6.45, 7) is 4.18. The Labute approximate surface area is 109 Å². The molecule has 0 aliphatic carbocycles. The van der Waals surface area contributed by atoms with Gasteiger partial charge in [0, 0.05) is 19.3 Å². The first-order valence-electron chi connectivity index (χ1n) is 5.63. The van der Waals surface area contributed by atoms with Crippen molar-refractivity contribution in [3.63, 3.8) is 0 Å². The molecule has 0 aliphatic heterocycles. The Morgan fingerprint density at radius 2 is 1.78 bits per heavy atom. The van der Waals surface area contributed by atoms with Crippen molar-refractivity contribution in [1.29, 1.82) is 0 Å². The summed E-state index contributed by atoms with van der Waals surface area (Å²) in [5.41, 5.74) is 0.247. The van der Waals surface area contributed by atoms with Crippen molar-refractivity contribution in [3.05, 3.63) is 35.4 Å². The Bertz CT molecular complexity index is 382. The topological polar surface area (TPSA) is 27.7 Å². The van der Waals surface area contributed by atoms with E-state index in [4.69, 9.17) is 13.9 Å². The number of ether oxygens (including phenoxy) is 2. The molecule has 0 spiro atoms. The lowest BCUT2D eigenvalue weighted by atomic mass is 10.1. The van der Waals surface area contributed by atoms with Crippen LogP contribution in [0.1, 0.15) is 19.4 Å². The lowest BCUT2D eigenvalue weighted by Gasteiger charge is -2.31. The molecule has 0 saturated carbocycles. The predicted molar refractivity (Wildman–Crippen MR) is 62.9 cm³/mol. The molecule has 3 nitrogen and oxygen atoms in total. The molecule has 0 bridgehead atoms. The fourth-order valence-electron chi connectivity index (χ4n) is 1.58. The minimum atomic E-state index is -1.42. The molecule has 0 aliphatic rings. The van der Waals surface area contributed by atoms with Crippen LogP contribution in [0, 0.1) is 11.6 Å². The van der Waals surface area contributed by atoms with Gasteiger partial charge in [-0.25, -0.2) is 8.78 Å². The van der Waals surface area contributed by atoms with E-state index in [2.05, 4.69) is 10.5 Å². The maximum atomic E-state index is 13.6. The molecule has 0 heterocycles. The highest BCUT2D eigenvalue weighted by atomic mass is 28.2. The van der Waals surface area contributed by atoms with Gasteiger partial charge in [-0.3, -0.25) is 0 Å². The molecule has 0 fully saturated rings. The number of benzene rings is 1. The smallest absolute Gasteiger partial charge is 0.277 e. The summed E-state index contributed by atoms with van der Waals surface area (Å²) in [5, 5.41) is 0. The summed E-state index contributed by atoms with van der Waals surface area (Å²) < 4.78 is 42.1. The van der Waals surface area contributed by atoms with Gasteiger partial charge >= 0.3 is 0 Å². The molecule has 0 saturated heterocycles. The van der Waals surface area contributed by atoms with Crippen LogP contribution >= 0.6 is 0 Å². The van der Waals surface area contributed by atoms with E-state index in [1.807, 2.05) is 0 Å². The van der Waals surface area contributed by atoms with E-state index in [1.54, 1.807) is 13.8 Å². The van der Waals surface area contributed by atoms with Gasteiger partial charge in [-0.2, -0.15) is 0 Å². The van der Waals surface area contributed by atoms with E-state index in [9.17, 15) is 8.78 Å². The molecule has 1 aromatic carbocycles. The third-order valence-electron chi connectivity index (χ3n) is 2.31. The second kappa shape index (κ2) is 6.94. The molecule has 99 valence electrons. The van der Waals surface area contributed by atoms with Gasteiger partial charge in [0.15, 0.2) is 0 Å². The summed E-state index contributed by atoms with van der Waals surface area (Å²) in [6.07, 6.45) is 0.00426. The summed E-state index contributed by atoms with van der Waals surface area (Å²) >= 11 is 0. The summed E-state index contributed by atoms with van der Waals surface area (Å²) in [4.78, 5) is 0. The molecule has 0 atom stereocenters. The number of halogens is 2. The van der Waals surface area contributed by atoms with E-state index in [0.29, 0.717) is 13.2 Å². The summed E-state index contributed by atoms with van der Waals surface area (Å²) in [5.74, 6) is -2.71. The van der Waals surface area contributed by atoms with Crippen LogP contribution in [0.4, 0.5) is 8.78 Å². The Morgan fingerprint density at radius 3 is 2.22 bits per heavy atom. The SMILES string of the molecule is CCOC(Cc1ccc(F)cc1F)(O[Si])OCC. The van der Waals surface area contributed by atoms with E-state index in [-0.39, 0.29) is 12.0 Å². The van der Waals surface area contributed by atoms with Crippen molar-refractivity contribution in [2.45, 2.75) is 26.2 Å². The minimum absolute atomic E-state index is 0.00426. The molecule has 18 heavy (non-hydrogen) atoms. The quantitative estimate of drug-likeness (QED) is 0.564. The molecule has 0 amide bonds. The first-order chi connectivity index (χ1) is 8.56. The Hall–Kier alpha value is -0.823. The van der Waals surface area contributed by atoms with Crippen molar-refractivity contribution in [1.82, 2.24) is 0 Å². The van der Waals surface area contributed by atoms with Crippen molar-refractivity contribution >= 4 is 10.5 Å². The zero-order valence-electron chi connectivity index (χ0n) is 10.3. The zero-order chi connectivity index (χ0) is 13.6. The number of rotatable bonds is 7. The zero-order valence-corrected chi connectivity index (χ0v) is 11.3. The molecule has 0 aromatic heterocycles. The molecular weight excluding hydrogens is 258 g/mol. The molecule has 0 unspecified atom stereocenters. The van der Waals surface area contributed by atoms with Crippen LogP contribution in [-0.4, -0.2) is 29.7 Å². The average Bonchev–Trinajstić information content (AvgIpc) is 2.33. The normalized spacial score (nSPS) is 11.8. The van der Waals surface area contributed by atoms with Gasteiger partial charge in [-0.1, -0.05) is 6.07 Å². The fraction of sp³-hybridized carbons (Fsp3) is 0.500. The van der Waals surface area contributed by atoms with Gasteiger partial charge in [0.2, 0.25) is 0 Å². The van der Waals surface area contributed by atoms with E-state index >= 15 is 0 Å². The van der Waals surface area contributed by atoms with Crippen LogP contribution in [0.3, 0.4) is 0 Å². The van der Waals surface area contributed by atoms with Gasteiger partial charge < -0.3 is 13.9 Å². The highest BCUT2D eigenvalue weighted by molar-refractivity contribution is 5.98. The van der Waals surface area contributed by atoms with E-state index in [0.717, 1.165) is 6.07 Å². The fourth-order valence-corrected chi connectivity index (χ4v) is 1.77. The second-order valence-corrected chi connectivity index (χ2v) is 3.77. The third-order valence-corrected chi connectivity index (χ3v) is 2.62. The number of hydrogen-bond acceptors (Lipinski definition) is 3. The molecule has 1 rings (SSSR count). The van der Waals surface area contributed by atoms with Crippen LogP contribution in [0.25, 0.3) is 0 Å². The van der Waals surface area contributed by atoms with Gasteiger partial charge in [0.25, 0.3) is 16.5 Å². The Kier molecular flexibility index (Phi) is 5.87. The van der Waals surface area contributed by atoms with Crippen LogP contribution < -0.4 is 0 Å². The molecule has 0 N–H and O–H groups in total. The van der Waals surface area contributed by atoms with Crippen LogP contribution in [0.15, 0.2) is 18.2 Å². The number of hydrogen-bond donors (Lipinski definition) is 0. The third kappa shape index (κ3) is 3.84. The van der Waals surface area contributed by atoms with Crippen molar-refractivity contribution in [2.24, 2.45) is 0 Å². The summed E-state index contributed by atoms with van der Waals surface area (Å²) in [7, 11) is 2.88. The van der Waals surface area contributed by atoms with Crippen LogP contribution in [-0.2, 0) is 20.3 Å². The first-order valence-corrected chi connectivity index (χ1v) is 6.04. The maximum absolute atomic E-state index is 13.6. The molecule has 6 heteroatoms. The van der Waals surface area contributed by atoms with E-state index < -0.39 is 17.6 Å². The van der Waals surface area contributed by atoms with Crippen LogP contribution in [0.2, 0.25) is 0 Å². The standard InChI is InChI=1S/C12H15F2O3Si/c1-3-15-12(17-18,16-4-2)8-9-5-6-10(13)7-11(9)14/h5-7H,3-4,8H2,1-2H3. The Balaban J connectivity index is 2.94. The molecule has 1 aromatic rings. The predicted octanol–water partition coefficient (Wildman–Crippen LogP) is 2.33. The van der Waals surface area contributed by atoms with Crippen LogP contribution in [0.5, 0.6) is 0 Å². The minimum Gasteiger partial charge on any atom is -0.371 e. The highest BCUT2D eigenvalue weighted by Crippen LogP contribution is 2.22.